The van der Waals surface area contributed by atoms with Crippen molar-refractivity contribution in [3.05, 3.63) is 70.6 Å². The molecule has 9 nitrogen and oxygen atoms in total. The molecule has 1 atom stereocenters. The highest BCUT2D eigenvalue weighted by atomic mass is 32.2. The van der Waals surface area contributed by atoms with Gasteiger partial charge >= 0.3 is 5.63 Å². The summed E-state index contributed by atoms with van der Waals surface area (Å²) in [5.74, 6) is -0.103. The Morgan fingerprint density at radius 2 is 1.84 bits per heavy atom. The van der Waals surface area contributed by atoms with Crippen molar-refractivity contribution in [2.75, 3.05) is 4.72 Å². The third-order valence-corrected chi connectivity index (χ3v) is 6.99. The van der Waals surface area contributed by atoms with E-state index in [9.17, 15) is 18.0 Å². The number of rotatable bonds is 5. The van der Waals surface area contributed by atoms with Crippen molar-refractivity contribution in [3.63, 3.8) is 0 Å². The van der Waals surface area contributed by atoms with Crippen LogP contribution in [-0.4, -0.2) is 30.5 Å². The molecule has 1 aliphatic rings. The maximum absolute atomic E-state index is 12.8. The Balaban J connectivity index is 1.50. The summed E-state index contributed by atoms with van der Waals surface area (Å²) in [6.07, 6.45) is 0. The molecule has 11 heteroatoms. The highest BCUT2D eigenvalue weighted by Gasteiger charge is 2.25. The topological polar surface area (TPSA) is 130 Å². The molecule has 2 aromatic carbocycles. The molecule has 0 aliphatic carbocycles. The first-order valence-corrected chi connectivity index (χ1v) is 11.8. The monoisotopic (exact) mass is 470 g/mol. The van der Waals surface area contributed by atoms with Gasteiger partial charge in [-0.3, -0.25) is 9.52 Å². The summed E-state index contributed by atoms with van der Waals surface area (Å²) in [5.41, 5.74) is 1.54. The van der Waals surface area contributed by atoms with Crippen molar-refractivity contribution in [2.45, 2.75) is 24.0 Å². The van der Waals surface area contributed by atoms with E-state index in [0.29, 0.717) is 27.5 Å². The van der Waals surface area contributed by atoms with Crippen molar-refractivity contribution in [3.8, 4) is 0 Å². The fourth-order valence-corrected chi connectivity index (χ4v) is 4.74. The average Bonchev–Trinajstić information content (AvgIpc) is 3.09. The maximum Gasteiger partial charge on any atom is 0.336 e. The molecule has 1 fully saturated rings. The van der Waals surface area contributed by atoms with Gasteiger partial charge in [0.1, 0.15) is 5.58 Å². The van der Waals surface area contributed by atoms with E-state index in [4.69, 9.17) is 4.42 Å². The molecule has 1 aliphatic heterocycles. The van der Waals surface area contributed by atoms with Crippen LogP contribution in [0.2, 0.25) is 0 Å². The van der Waals surface area contributed by atoms with E-state index in [2.05, 4.69) is 20.2 Å². The van der Waals surface area contributed by atoms with Gasteiger partial charge in [-0.25, -0.2) is 13.2 Å². The Morgan fingerprint density at radius 1 is 1.09 bits per heavy atom. The first-order chi connectivity index (χ1) is 15.2. The summed E-state index contributed by atoms with van der Waals surface area (Å²) in [4.78, 5) is 22.8. The summed E-state index contributed by atoms with van der Waals surface area (Å²) in [7, 11) is -3.84. The highest BCUT2D eigenvalue weighted by molar-refractivity contribution is 8.15. The quantitative estimate of drug-likeness (QED) is 0.335. The number of nitrogens with one attached hydrogen (secondary N) is 2. The fourth-order valence-electron chi connectivity index (χ4n) is 2.89. The molecular formula is C21H18N4O5S2. The van der Waals surface area contributed by atoms with Gasteiger partial charge in [-0.1, -0.05) is 23.9 Å². The Morgan fingerprint density at radius 3 is 2.53 bits per heavy atom. The van der Waals surface area contributed by atoms with Gasteiger partial charge in [0, 0.05) is 17.1 Å². The van der Waals surface area contributed by atoms with E-state index in [1.807, 2.05) is 0 Å². The molecular weight excluding hydrogens is 452 g/mol. The molecule has 1 saturated heterocycles. The maximum atomic E-state index is 12.8. The van der Waals surface area contributed by atoms with Gasteiger partial charge in [0.05, 0.1) is 15.9 Å². The van der Waals surface area contributed by atoms with E-state index < -0.39 is 15.6 Å². The molecule has 1 unspecified atom stereocenters. The lowest BCUT2D eigenvalue weighted by atomic mass is 10.1. The number of hydrogen-bond acceptors (Lipinski definition) is 8. The smallest absolute Gasteiger partial charge is 0.336 e. The number of carbonyl (C=O) groups excluding carboxylic acids is 1. The van der Waals surface area contributed by atoms with Gasteiger partial charge in [-0.05, 0) is 55.8 Å². The molecule has 1 aromatic heterocycles. The van der Waals surface area contributed by atoms with Crippen LogP contribution < -0.4 is 15.7 Å². The van der Waals surface area contributed by atoms with Gasteiger partial charge in [0.15, 0.2) is 5.17 Å². The second-order valence-electron chi connectivity index (χ2n) is 6.98. The zero-order chi connectivity index (χ0) is 22.9. The molecule has 2 N–H and O–H groups in total. The molecule has 0 spiro atoms. The van der Waals surface area contributed by atoms with E-state index in [0.717, 1.165) is 5.56 Å². The Hall–Kier alpha value is -3.44. The molecule has 3 aromatic rings. The lowest BCUT2D eigenvalue weighted by molar-refractivity contribution is -0.118. The largest absolute Gasteiger partial charge is 0.423 e. The number of benzene rings is 2. The van der Waals surface area contributed by atoms with Gasteiger partial charge in [-0.2, -0.15) is 5.10 Å². The minimum Gasteiger partial charge on any atom is -0.423 e. The third-order valence-electron chi connectivity index (χ3n) is 4.63. The molecule has 32 heavy (non-hydrogen) atoms. The van der Waals surface area contributed by atoms with Crippen molar-refractivity contribution in [1.29, 1.82) is 0 Å². The number of carbonyl (C=O) groups is 1. The minimum atomic E-state index is -3.84. The predicted octanol–water partition coefficient (Wildman–Crippen LogP) is 2.93. The van der Waals surface area contributed by atoms with Crippen LogP contribution in [0.3, 0.4) is 0 Å². The van der Waals surface area contributed by atoms with Gasteiger partial charge < -0.3 is 9.73 Å². The second-order valence-corrected chi connectivity index (χ2v) is 9.99. The second kappa shape index (κ2) is 8.60. The summed E-state index contributed by atoms with van der Waals surface area (Å²) in [6, 6.07) is 13.7. The SMILES string of the molecule is C/C(=N\N=C1/NC(=O)C(C)S1)c1ccc(NS(=O)(=O)c2ccc3oc(=O)ccc3c2)cc1. The predicted molar refractivity (Wildman–Crippen MR) is 125 cm³/mol. The van der Waals surface area contributed by atoms with Crippen LogP contribution in [0.4, 0.5) is 5.69 Å². The van der Waals surface area contributed by atoms with E-state index in [1.54, 1.807) is 38.1 Å². The third kappa shape index (κ3) is 4.73. The number of fused-ring (bicyclic) bond motifs is 1. The lowest BCUT2D eigenvalue weighted by Gasteiger charge is -2.09. The molecule has 0 bridgehead atoms. The zero-order valence-electron chi connectivity index (χ0n) is 17.0. The van der Waals surface area contributed by atoms with Crippen LogP contribution in [-0.2, 0) is 14.8 Å². The molecule has 0 radical (unpaired) electrons. The standard InChI is InChI=1S/C21H18N4O5S2/c1-12(23-24-21-22-20(27)13(2)31-21)14-3-6-16(7-4-14)25-32(28,29)17-8-9-18-15(11-17)5-10-19(26)30-18/h3-11,13,25H,1-2H3,(H,22,24,27)/b23-12+. The molecule has 1 amide bonds. The van der Waals surface area contributed by atoms with Gasteiger partial charge in [-0.15, -0.1) is 5.10 Å². The van der Waals surface area contributed by atoms with Gasteiger partial charge in [0.25, 0.3) is 10.0 Å². The average molecular weight is 471 g/mol. The first kappa shape index (κ1) is 21.8. The number of thioether (sulfide) groups is 1. The Bertz CT molecular complexity index is 1430. The highest BCUT2D eigenvalue weighted by Crippen LogP contribution is 2.22. The lowest BCUT2D eigenvalue weighted by Crippen LogP contribution is -2.23. The normalized spacial score (nSPS) is 18.2. The van der Waals surface area contributed by atoms with Crippen LogP contribution in [0.15, 0.2) is 78.9 Å². The van der Waals surface area contributed by atoms with Crippen LogP contribution >= 0.6 is 11.8 Å². The number of anilines is 1. The van der Waals surface area contributed by atoms with E-state index in [-0.39, 0.29) is 16.1 Å². The zero-order valence-corrected chi connectivity index (χ0v) is 18.7. The summed E-state index contributed by atoms with van der Waals surface area (Å²) < 4.78 is 33.1. The van der Waals surface area contributed by atoms with Crippen LogP contribution in [0.25, 0.3) is 11.0 Å². The van der Waals surface area contributed by atoms with E-state index in [1.165, 1.54) is 42.1 Å². The number of amidine groups is 1. The van der Waals surface area contributed by atoms with Crippen molar-refractivity contribution in [2.24, 2.45) is 10.2 Å². The van der Waals surface area contributed by atoms with Crippen molar-refractivity contribution in [1.82, 2.24) is 5.32 Å². The van der Waals surface area contributed by atoms with Gasteiger partial charge in [0.2, 0.25) is 5.91 Å². The molecule has 0 saturated carbocycles. The van der Waals surface area contributed by atoms with Crippen LogP contribution in [0.5, 0.6) is 0 Å². The first-order valence-electron chi connectivity index (χ1n) is 9.48. The van der Waals surface area contributed by atoms with E-state index >= 15 is 0 Å². The Kier molecular flexibility index (Phi) is 5.85. The van der Waals surface area contributed by atoms with Crippen molar-refractivity contribution >= 4 is 55.2 Å². The number of nitrogens with zero attached hydrogens (tertiary/aromatic N) is 2. The van der Waals surface area contributed by atoms with Crippen LogP contribution in [0.1, 0.15) is 19.4 Å². The minimum absolute atomic E-state index is 0.0434. The number of sulfonamides is 1. The summed E-state index contributed by atoms with van der Waals surface area (Å²) in [5, 5.41) is 11.6. The summed E-state index contributed by atoms with van der Waals surface area (Å²) >= 11 is 1.30. The summed E-state index contributed by atoms with van der Waals surface area (Å²) in [6.45, 7) is 3.55. The molecule has 4 rings (SSSR count). The molecule has 164 valence electrons. The van der Waals surface area contributed by atoms with Crippen molar-refractivity contribution < 1.29 is 17.6 Å². The van der Waals surface area contributed by atoms with Crippen LogP contribution in [0, 0.1) is 0 Å². The number of hydrogen-bond donors (Lipinski definition) is 2. The number of amides is 1. The Labute approximate surface area is 187 Å². The molecule has 2 heterocycles. The fraction of sp³-hybridized carbons (Fsp3) is 0.143.